The maximum atomic E-state index is 12.4. The van der Waals surface area contributed by atoms with Crippen molar-refractivity contribution in [2.24, 2.45) is 0 Å². The van der Waals surface area contributed by atoms with Crippen LogP contribution in [0.1, 0.15) is 49.0 Å². The Morgan fingerprint density at radius 1 is 1.32 bits per heavy atom. The zero-order chi connectivity index (χ0) is 16.9. The van der Waals surface area contributed by atoms with Gasteiger partial charge in [-0.1, -0.05) is 13.8 Å². The summed E-state index contributed by atoms with van der Waals surface area (Å²) in [6.07, 6.45) is 0.791. The molecule has 1 aromatic carbocycles. The number of nitrogens with one attached hydrogen (secondary N) is 1. The maximum Gasteiger partial charge on any atom is 0.305 e. The van der Waals surface area contributed by atoms with Crippen molar-refractivity contribution in [1.29, 1.82) is 0 Å². The minimum atomic E-state index is -0.982. The summed E-state index contributed by atoms with van der Waals surface area (Å²) >= 11 is 0. The number of nitrogens with zero attached hydrogens (tertiary/aromatic N) is 1. The number of non-ortho nitro benzene ring substituents is 1. The van der Waals surface area contributed by atoms with E-state index in [1.807, 2.05) is 13.8 Å². The Bertz CT molecular complexity index is 594. The highest BCUT2D eigenvalue weighted by Gasteiger charge is 2.31. The lowest BCUT2D eigenvalue weighted by Gasteiger charge is -2.31. The zero-order valence-corrected chi connectivity index (χ0v) is 12.9. The molecule has 0 saturated heterocycles. The van der Waals surface area contributed by atoms with E-state index in [-0.39, 0.29) is 12.1 Å². The van der Waals surface area contributed by atoms with E-state index in [0.717, 1.165) is 0 Å². The number of carbonyl (C=O) groups excluding carboxylic acids is 1. The van der Waals surface area contributed by atoms with E-state index >= 15 is 0 Å². The molecule has 120 valence electrons. The molecule has 1 rings (SSSR count). The number of rotatable bonds is 7. The molecule has 0 unspecified atom stereocenters. The van der Waals surface area contributed by atoms with Gasteiger partial charge < -0.3 is 10.4 Å². The number of carboxylic acid groups (broad SMARTS) is 1. The van der Waals surface area contributed by atoms with Gasteiger partial charge in [-0.2, -0.15) is 0 Å². The predicted molar refractivity (Wildman–Crippen MR) is 80.9 cm³/mol. The minimum Gasteiger partial charge on any atom is -0.481 e. The van der Waals surface area contributed by atoms with E-state index in [9.17, 15) is 19.7 Å². The van der Waals surface area contributed by atoms with Gasteiger partial charge in [-0.3, -0.25) is 19.7 Å². The standard InChI is InChI=1S/C15H20N2O5/c1-4-15(5-2,9-13(18)19)16-14(20)12-7-6-11(17(21)22)8-10(12)3/h6-8H,4-5,9H2,1-3H3,(H,16,20)(H,18,19). The van der Waals surface area contributed by atoms with Crippen molar-refractivity contribution in [3.8, 4) is 0 Å². The van der Waals surface area contributed by atoms with Gasteiger partial charge in [0.15, 0.2) is 0 Å². The lowest BCUT2D eigenvalue weighted by atomic mass is 9.88. The second-order valence-electron chi connectivity index (χ2n) is 5.27. The maximum absolute atomic E-state index is 12.4. The summed E-state index contributed by atoms with van der Waals surface area (Å²) in [4.78, 5) is 33.6. The third kappa shape index (κ3) is 4.03. The van der Waals surface area contributed by atoms with Crippen molar-refractivity contribution in [2.45, 2.75) is 45.6 Å². The molecule has 7 nitrogen and oxygen atoms in total. The summed E-state index contributed by atoms with van der Waals surface area (Å²) in [6.45, 7) is 5.24. The molecule has 0 aromatic heterocycles. The van der Waals surface area contributed by atoms with Gasteiger partial charge in [0.1, 0.15) is 0 Å². The first-order valence-electron chi connectivity index (χ1n) is 7.04. The van der Waals surface area contributed by atoms with Crippen LogP contribution >= 0.6 is 0 Å². The molecule has 1 aromatic rings. The van der Waals surface area contributed by atoms with Crippen LogP contribution in [-0.2, 0) is 4.79 Å². The molecule has 0 atom stereocenters. The van der Waals surface area contributed by atoms with Crippen LogP contribution in [0.15, 0.2) is 18.2 Å². The smallest absolute Gasteiger partial charge is 0.305 e. The van der Waals surface area contributed by atoms with Crippen molar-refractivity contribution in [2.75, 3.05) is 0 Å². The van der Waals surface area contributed by atoms with E-state index in [4.69, 9.17) is 5.11 Å². The number of aryl methyl sites for hydroxylation is 1. The molecule has 0 saturated carbocycles. The molecule has 7 heteroatoms. The fraction of sp³-hybridized carbons (Fsp3) is 0.467. The predicted octanol–water partition coefficient (Wildman–Crippen LogP) is 2.67. The molecule has 0 aliphatic carbocycles. The summed E-state index contributed by atoms with van der Waals surface area (Å²) < 4.78 is 0. The summed E-state index contributed by atoms with van der Waals surface area (Å²) in [5.74, 6) is -1.40. The van der Waals surface area contributed by atoms with E-state index in [1.165, 1.54) is 18.2 Å². The average molecular weight is 308 g/mol. The normalized spacial score (nSPS) is 11.0. The SMILES string of the molecule is CCC(CC)(CC(=O)O)NC(=O)c1ccc([N+](=O)[O-])cc1C. The van der Waals surface area contributed by atoms with E-state index in [0.29, 0.717) is 24.0 Å². The van der Waals surface area contributed by atoms with Crippen molar-refractivity contribution >= 4 is 17.6 Å². The van der Waals surface area contributed by atoms with Crippen molar-refractivity contribution in [1.82, 2.24) is 5.32 Å². The Labute approximate surface area is 128 Å². The largest absolute Gasteiger partial charge is 0.481 e. The van der Waals surface area contributed by atoms with Crippen LogP contribution in [-0.4, -0.2) is 27.4 Å². The van der Waals surface area contributed by atoms with Crippen LogP contribution in [0, 0.1) is 17.0 Å². The lowest BCUT2D eigenvalue weighted by molar-refractivity contribution is -0.384. The molecule has 22 heavy (non-hydrogen) atoms. The number of nitro benzene ring substituents is 1. The monoisotopic (exact) mass is 308 g/mol. The molecule has 0 aliphatic heterocycles. The van der Waals surface area contributed by atoms with Gasteiger partial charge in [-0.15, -0.1) is 0 Å². The van der Waals surface area contributed by atoms with Crippen molar-refractivity contribution in [3.63, 3.8) is 0 Å². The summed E-state index contributed by atoms with van der Waals surface area (Å²) in [5, 5.41) is 22.5. The van der Waals surface area contributed by atoms with Crippen LogP contribution in [0.4, 0.5) is 5.69 Å². The van der Waals surface area contributed by atoms with Gasteiger partial charge >= 0.3 is 5.97 Å². The fourth-order valence-corrected chi connectivity index (χ4v) is 2.33. The first-order chi connectivity index (χ1) is 10.2. The second kappa shape index (κ2) is 7.02. The summed E-state index contributed by atoms with van der Waals surface area (Å²) in [7, 11) is 0. The summed E-state index contributed by atoms with van der Waals surface area (Å²) in [6, 6.07) is 3.98. The topological polar surface area (TPSA) is 110 Å². The van der Waals surface area contributed by atoms with Crippen LogP contribution in [0.25, 0.3) is 0 Å². The van der Waals surface area contributed by atoms with Crippen LogP contribution in [0.5, 0.6) is 0 Å². The first kappa shape index (κ1) is 17.6. The molecular formula is C15H20N2O5. The number of benzene rings is 1. The van der Waals surface area contributed by atoms with Crippen molar-refractivity contribution in [3.05, 3.63) is 39.4 Å². The second-order valence-corrected chi connectivity index (χ2v) is 5.27. The number of amides is 1. The fourth-order valence-electron chi connectivity index (χ4n) is 2.33. The van der Waals surface area contributed by atoms with Gasteiger partial charge in [0, 0.05) is 17.7 Å². The third-order valence-electron chi connectivity index (χ3n) is 3.89. The number of nitro groups is 1. The third-order valence-corrected chi connectivity index (χ3v) is 3.89. The van der Waals surface area contributed by atoms with Gasteiger partial charge in [-0.05, 0) is 31.4 Å². The zero-order valence-electron chi connectivity index (χ0n) is 12.9. The molecule has 0 radical (unpaired) electrons. The molecule has 0 heterocycles. The molecule has 0 spiro atoms. The number of hydrogen-bond acceptors (Lipinski definition) is 4. The quantitative estimate of drug-likeness (QED) is 0.594. The summed E-state index contributed by atoms with van der Waals surface area (Å²) in [5.41, 5.74) is -0.126. The van der Waals surface area contributed by atoms with E-state index in [2.05, 4.69) is 5.32 Å². The van der Waals surface area contributed by atoms with E-state index < -0.39 is 22.3 Å². The molecule has 1 amide bonds. The number of carboxylic acids is 1. The van der Waals surface area contributed by atoms with Gasteiger partial charge in [0.2, 0.25) is 0 Å². The Morgan fingerprint density at radius 2 is 1.91 bits per heavy atom. The van der Waals surface area contributed by atoms with Gasteiger partial charge in [-0.25, -0.2) is 0 Å². The molecule has 2 N–H and O–H groups in total. The molecule has 0 bridgehead atoms. The molecule has 0 aliphatic rings. The average Bonchev–Trinajstić information content (AvgIpc) is 2.45. The Kier molecular flexibility index (Phi) is 5.62. The molecular weight excluding hydrogens is 288 g/mol. The Balaban J connectivity index is 3.05. The molecule has 0 fully saturated rings. The first-order valence-corrected chi connectivity index (χ1v) is 7.04. The number of hydrogen-bond donors (Lipinski definition) is 2. The Morgan fingerprint density at radius 3 is 2.32 bits per heavy atom. The van der Waals surface area contributed by atoms with Crippen LogP contribution in [0.3, 0.4) is 0 Å². The highest BCUT2D eigenvalue weighted by atomic mass is 16.6. The number of aliphatic carboxylic acids is 1. The van der Waals surface area contributed by atoms with E-state index in [1.54, 1.807) is 6.92 Å². The van der Waals surface area contributed by atoms with Crippen LogP contribution in [0.2, 0.25) is 0 Å². The number of carbonyl (C=O) groups is 2. The highest BCUT2D eigenvalue weighted by Crippen LogP contribution is 2.22. The van der Waals surface area contributed by atoms with Crippen LogP contribution < -0.4 is 5.32 Å². The lowest BCUT2D eigenvalue weighted by Crippen LogP contribution is -2.49. The Hall–Kier alpha value is -2.44. The van der Waals surface area contributed by atoms with Gasteiger partial charge in [0.05, 0.1) is 16.9 Å². The minimum absolute atomic E-state index is 0.0863. The van der Waals surface area contributed by atoms with Gasteiger partial charge in [0.25, 0.3) is 11.6 Å². The van der Waals surface area contributed by atoms with Crippen molar-refractivity contribution < 1.29 is 19.6 Å². The highest BCUT2D eigenvalue weighted by molar-refractivity contribution is 5.96.